The second kappa shape index (κ2) is 7.33. The molecule has 1 unspecified atom stereocenters. The second-order valence-electron chi connectivity index (χ2n) is 5.00. The number of halogens is 4. The van der Waals surface area contributed by atoms with Gasteiger partial charge >= 0.3 is 6.18 Å². The fraction of sp³-hybridized carbons (Fsp3) is 0.235. The van der Waals surface area contributed by atoms with E-state index >= 15 is 0 Å². The van der Waals surface area contributed by atoms with Crippen LogP contribution >= 0.6 is 0 Å². The van der Waals surface area contributed by atoms with E-state index < -0.39 is 29.6 Å². The third kappa shape index (κ3) is 4.47. The molecule has 1 atom stereocenters. The van der Waals surface area contributed by atoms with Gasteiger partial charge in [0.15, 0.2) is 6.10 Å². The summed E-state index contributed by atoms with van der Waals surface area (Å²) < 4.78 is 57.1. The first-order valence-corrected chi connectivity index (χ1v) is 7.20. The minimum atomic E-state index is -4.58. The molecule has 0 heterocycles. The Kier molecular flexibility index (Phi) is 5.43. The minimum absolute atomic E-state index is 0.234. The summed E-state index contributed by atoms with van der Waals surface area (Å²) in [4.78, 5) is 12.2. The highest BCUT2D eigenvalue weighted by Crippen LogP contribution is 2.34. The molecule has 1 amide bonds. The van der Waals surface area contributed by atoms with Crippen molar-refractivity contribution >= 4 is 11.6 Å². The van der Waals surface area contributed by atoms with Gasteiger partial charge in [-0.2, -0.15) is 13.2 Å². The smallest absolute Gasteiger partial charge is 0.418 e. The topological polar surface area (TPSA) is 38.3 Å². The lowest BCUT2D eigenvalue weighted by atomic mass is 10.1. The van der Waals surface area contributed by atoms with Gasteiger partial charge in [-0.05, 0) is 42.8 Å². The van der Waals surface area contributed by atoms with Crippen molar-refractivity contribution in [3.8, 4) is 5.75 Å². The zero-order chi connectivity index (χ0) is 17.7. The van der Waals surface area contributed by atoms with Crippen LogP contribution in [0.15, 0.2) is 48.5 Å². The average Bonchev–Trinajstić information content (AvgIpc) is 2.53. The van der Waals surface area contributed by atoms with E-state index in [1.54, 1.807) is 6.92 Å². The Morgan fingerprint density at radius 3 is 2.33 bits per heavy atom. The van der Waals surface area contributed by atoms with E-state index in [1.807, 2.05) is 0 Å². The number of carbonyl (C=O) groups excluding carboxylic acids is 1. The maximum atomic E-state index is 12.9. The molecule has 0 saturated carbocycles. The molecule has 2 aromatic carbocycles. The van der Waals surface area contributed by atoms with Gasteiger partial charge in [0.25, 0.3) is 5.91 Å². The van der Waals surface area contributed by atoms with E-state index in [0.29, 0.717) is 0 Å². The standard InChI is InChI=1S/C17H15F4NO2/c1-2-15(24-12-9-7-11(18)8-10-12)16(23)22-14-6-4-3-5-13(14)17(19,20)21/h3-10,15H,2H2,1H3,(H,22,23). The van der Waals surface area contributed by atoms with Gasteiger partial charge in [0.05, 0.1) is 11.3 Å². The van der Waals surface area contributed by atoms with E-state index in [9.17, 15) is 22.4 Å². The molecule has 2 rings (SSSR count). The quantitative estimate of drug-likeness (QED) is 0.805. The van der Waals surface area contributed by atoms with Gasteiger partial charge in [0.2, 0.25) is 0 Å². The summed E-state index contributed by atoms with van der Waals surface area (Å²) in [6.07, 6.45) is -5.35. The van der Waals surface area contributed by atoms with E-state index in [2.05, 4.69) is 5.32 Å². The molecule has 0 aliphatic carbocycles. The van der Waals surface area contributed by atoms with Gasteiger partial charge in [-0.15, -0.1) is 0 Å². The highest BCUT2D eigenvalue weighted by atomic mass is 19.4. The molecule has 3 nitrogen and oxygen atoms in total. The van der Waals surface area contributed by atoms with Crippen LogP contribution in [0, 0.1) is 5.82 Å². The average molecular weight is 341 g/mol. The molecular formula is C17H15F4NO2. The van der Waals surface area contributed by atoms with Crippen molar-refractivity contribution in [2.24, 2.45) is 0 Å². The molecule has 0 aliphatic heterocycles. The lowest BCUT2D eigenvalue weighted by molar-refractivity contribution is -0.137. The SMILES string of the molecule is CCC(Oc1ccc(F)cc1)C(=O)Nc1ccccc1C(F)(F)F. The Balaban J connectivity index is 2.14. The minimum Gasteiger partial charge on any atom is -0.481 e. The summed E-state index contributed by atoms with van der Waals surface area (Å²) in [5.74, 6) is -0.917. The normalized spacial score (nSPS) is 12.5. The monoisotopic (exact) mass is 341 g/mol. The zero-order valence-electron chi connectivity index (χ0n) is 12.7. The number of hydrogen-bond acceptors (Lipinski definition) is 2. The number of nitrogens with one attached hydrogen (secondary N) is 1. The van der Waals surface area contributed by atoms with Gasteiger partial charge in [-0.25, -0.2) is 4.39 Å². The van der Waals surface area contributed by atoms with Crippen LogP contribution in [0.1, 0.15) is 18.9 Å². The third-order valence-corrected chi connectivity index (χ3v) is 3.25. The fourth-order valence-electron chi connectivity index (χ4n) is 2.05. The van der Waals surface area contributed by atoms with Crippen LogP contribution < -0.4 is 10.1 Å². The van der Waals surface area contributed by atoms with E-state index in [4.69, 9.17) is 4.74 Å². The molecule has 0 spiro atoms. The van der Waals surface area contributed by atoms with Crippen molar-refractivity contribution in [3.05, 3.63) is 59.9 Å². The number of carbonyl (C=O) groups is 1. The maximum absolute atomic E-state index is 12.9. The van der Waals surface area contributed by atoms with Crippen LogP contribution in [0.3, 0.4) is 0 Å². The molecule has 0 radical (unpaired) electrons. The molecule has 0 bridgehead atoms. The number of anilines is 1. The van der Waals surface area contributed by atoms with Crippen molar-refractivity contribution in [2.75, 3.05) is 5.32 Å². The summed E-state index contributed by atoms with van der Waals surface area (Å²) >= 11 is 0. The summed E-state index contributed by atoms with van der Waals surface area (Å²) in [7, 11) is 0. The van der Waals surface area contributed by atoms with Crippen LogP contribution in [0.25, 0.3) is 0 Å². The van der Waals surface area contributed by atoms with Crippen molar-refractivity contribution in [1.82, 2.24) is 0 Å². The number of ether oxygens (including phenoxy) is 1. The van der Waals surface area contributed by atoms with Gasteiger partial charge in [-0.1, -0.05) is 19.1 Å². The van der Waals surface area contributed by atoms with E-state index in [1.165, 1.54) is 42.5 Å². The van der Waals surface area contributed by atoms with Crippen molar-refractivity contribution < 1.29 is 27.1 Å². The molecule has 24 heavy (non-hydrogen) atoms. The molecule has 0 fully saturated rings. The van der Waals surface area contributed by atoms with Crippen LogP contribution in [0.5, 0.6) is 5.75 Å². The van der Waals surface area contributed by atoms with Crippen molar-refractivity contribution in [1.29, 1.82) is 0 Å². The van der Waals surface area contributed by atoms with E-state index in [0.717, 1.165) is 6.07 Å². The summed E-state index contributed by atoms with van der Waals surface area (Å²) in [5, 5.41) is 2.24. The largest absolute Gasteiger partial charge is 0.481 e. The lowest BCUT2D eigenvalue weighted by Crippen LogP contribution is -2.33. The predicted octanol–water partition coefficient (Wildman–Crippen LogP) is 4.64. The molecular weight excluding hydrogens is 326 g/mol. The molecule has 128 valence electrons. The zero-order valence-corrected chi connectivity index (χ0v) is 12.7. The van der Waals surface area contributed by atoms with Crippen molar-refractivity contribution in [2.45, 2.75) is 25.6 Å². The van der Waals surface area contributed by atoms with Crippen molar-refractivity contribution in [3.63, 3.8) is 0 Å². The highest BCUT2D eigenvalue weighted by molar-refractivity contribution is 5.95. The van der Waals surface area contributed by atoms with Crippen LogP contribution in [0.2, 0.25) is 0 Å². The first kappa shape index (κ1) is 17.8. The maximum Gasteiger partial charge on any atom is 0.418 e. The van der Waals surface area contributed by atoms with Gasteiger partial charge < -0.3 is 10.1 Å². The molecule has 2 aromatic rings. The number of benzene rings is 2. The molecule has 7 heteroatoms. The Morgan fingerprint density at radius 1 is 1.12 bits per heavy atom. The number of alkyl halides is 3. The summed E-state index contributed by atoms with van der Waals surface area (Å²) in [5.41, 5.74) is -1.27. The number of para-hydroxylation sites is 1. The highest BCUT2D eigenvalue weighted by Gasteiger charge is 2.34. The molecule has 0 saturated heterocycles. The lowest BCUT2D eigenvalue weighted by Gasteiger charge is -2.19. The predicted molar refractivity (Wildman–Crippen MR) is 81.2 cm³/mol. The Bertz CT molecular complexity index is 698. The molecule has 0 aromatic heterocycles. The van der Waals surface area contributed by atoms with Gasteiger partial charge in [0, 0.05) is 0 Å². The Hall–Kier alpha value is -2.57. The number of hydrogen-bond donors (Lipinski definition) is 1. The third-order valence-electron chi connectivity index (χ3n) is 3.25. The van der Waals surface area contributed by atoms with E-state index in [-0.39, 0.29) is 17.9 Å². The van der Waals surface area contributed by atoms with Crippen LogP contribution in [-0.4, -0.2) is 12.0 Å². The first-order valence-electron chi connectivity index (χ1n) is 7.20. The Labute approximate surface area is 136 Å². The Morgan fingerprint density at radius 2 is 1.75 bits per heavy atom. The fourth-order valence-corrected chi connectivity index (χ4v) is 2.05. The van der Waals surface area contributed by atoms with Crippen LogP contribution in [0.4, 0.5) is 23.2 Å². The molecule has 0 aliphatic rings. The van der Waals surface area contributed by atoms with Gasteiger partial charge in [0.1, 0.15) is 11.6 Å². The number of rotatable bonds is 5. The van der Waals surface area contributed by atoms with Gasteiger partial charge in [-0.3, -0.25) is 4.79 Å². The first-order chi connectivity index (χ1) is 11.3. The number of amides is 1. The summed E-state index contributed by atoms with van der Waals surface area (Å²) in [6, 6.07) is 9.71. The second-order valence-corrected chi connectivity index (χ2v) is 5.00. The summed E-state index contributed by atoms with van der Waals surface area (Å²) in [6.45, 7) is 1.66. The molecule has 1 N–H and O–H groups in total. The van der Waals surface area contributed by atoms with Crippen LogP contribution in [-0.2, 0) is 11.0 Å².